The monoisotopic (exact) mass is 343 g/mol. The van der Waals surface area contributed by atoms with Crippen molar-refractivity contribution in [3.05, 3.63) is 59.5 Å². The van der Waals surface area contributed by atoms with Crippen LogP contribution in [0.25, 0.3) is 10.9 Å². The number of anilines is 1. The van der Waals surface area contributed by atoms with E-state index in [4.69, 9.17) is 22.3 Å². The van der Waals surface area contributed by atoms with E-state index in [0.717, 1.165) is 28.0 Å². The minimum atomic E-state index is 0.637. The number of pyridine rings is 2. The number of fused-ring (bicyclic) bond motifs is 1. The molecular formula is C18H18ClN3S. The van der Waals surface area contributed by atoms with Gasteiger partial charge in [0.1, 0.15) is 0 Å². The van der Waals surface area contributed by atoms with Gasteiger partial charge in [-0.1, -0.05) is 18.2 Å². The molecule has 23 heavy (non-hydrogen) atoms. The molecule has 2 heterocycles. The predicted octanol–water partition coefficient (Wildman–Crippen LogP) is 4.44. The van der Waals surface area contributed by atoms with Crippen molar-refractivity contribution in [1.29, 1.82) is 0 Å². The average molecular weight is 344 g/mol. The summed E-state index contributed by atoms with van der Waals surface area (Å²) in [6, 6.07) is 12.0. The van der Waals surface area contributed by atoms with Crippen molar-refractivity contribution in [3.63, 3.8) is 0 Å². The van der Waals surface area contributed by atoms with Crippen LogP contribution in [0.5, 0.6) is 0 Å². The Labute approximate surface area is 145 Å². The lowest BCUT2D eigenvalue weighted by molar-refractivity contribution is 0.983. The van der Waals surface area contributed by atoms with Crippen LogP contribution in [0, 0.1) is 6.92 Å². The van der Waals surface area contributed by atoms with Gasteiger partial charge >= 0.3 is 0 Å². The molecule has 0 radical (unpaired) electrons. The fourth-order valence-corrected chi connectivity index (χ4v) is 3.53. The highest BCUT2D eigenvalue weighted by molar-refractivity contribution is 7.99. The Morgan fingerprint density at radius 1 is 1.17 bits per heavy atom. The number of aromatic nitrogens is 2. The van der Waals surface area contributed by atoms with E-state index in [0.29, 0.717) is 18.0 Å². The van der Waals surface area contributed by atoms with Gasteiger partial charge in [-0.05, 0) is 30.7 Å². The number of para-hydroxylation sites is 1. The summed E-state index contributed by atoms with van der Waals surface area (Å²) < 4.78 is 0. The van der Waals surface area contributed by atoms with Gasteiger partial charge in [-0.3, -0.25) is 9.97 Å². The molecule has 0 atom stereocenters. The lowest BCUT2D eigenvalue weighted by atomic mass is 10.1. The smallest absolute Gasteiger partial charge is 0.0707 e. The molecular weight excluding hydrogens is 326 g/mol. The van der Waals surface area contributed by atoms with Crippen molar-refractivity contribution >= 4 is 40.0 Å². The second-order valence-corrected chi connectivity index (χ2v) is 6.83. The molecule has 1 aromatic carbocycles. The molecule has 2 aromatic heterocycles. The van der Waals surface area contributed by atoms with E-state index in [-0.39, 0.29) is 0 Å². The zero-order chi connectivity index (χ0) is 16.2. The van der Waals surface area contributed by atoms with Crippen LogP contribution in [-0.4, -0.2) is 21.6 Å². The summed E-state index contributed by atoms with van der Waals surface area (Å²) >= 11 is 7.54. The molecule has 2 N–H and O–H groups in total. The first-order valence-corrected chi connectivity index (χ1v) is 8.98. The number of thioether (sulfide) groups is 1. The Balaban J connectivity index is 1.94. The van der Waals surface area contributed by atoms with E-state index < -0.39 is 0 Å². The second-order valence-electron chi connectivity index (χ2n) is 5.31. The maximum absolute atomic E-state index is 6.19. The molecule has 0 fully saturated rings. The summed E-state index contributed by atoms with van der Waals surface area (Å²) in [6.07, 6.45) is 2.48. The van der Waals surface area contributed by atoms with Gasteiger partial charge < -0.3 is 5.73 Å². The van der Waals surface area contributed by atoms with Gasteiger partial charge in [0, 0.05) is 34.5 Å². The van der Waals surface area contributed by atoms with E-state index >= 15 is 0 Å². The van der Waals surface area contributed by atoms with Crippen LogP contribution in [0.15, 0.2) is 47.5 Å². The number of alkyl halides is 1. The van der Waals surface area contributed by atoms with Crippen LogP contribution in [0.1, 0.15) is 17.0 Å². The topological polar surface area (TPSA) is 51.8 Å². The Morgan fingerprint density at radius 3 is 2.83 bits per heavy atom. The fourth-order valence-electron chi connectivity index (χ4n) is 2.51. The molecule has 0 amide bonds. The molecule has 5 heteroatoms. The van der Waals surface area contributed by atoms with Crippen LogP contribution < -0.4 is 5.73 Å². The van der Waals surface area contributed by atoms with Crippen molar-refractivity contribution in [1.82, 2.24) is 9.97 Å². The third-order valence-electron chi connectivity index (χ3n) is 3.76. The zero-order valence-electron chi connectivity index (χ0n) is 12.9. The van der Waals surface area contributed by atoms with Crippen LogP contribution in [0.3, 0.4) is 0 Å². The summed E-state index contributed by atoms with van der Waals surface area (Å²) in [6.45, 7) is 2.09. The summed E-state index contributed by atoms with van der Waals surface area (Å²) in [7, 11) is 0. The van der Waals surface area contributed by atoms with E-state index in [1.807, 2.05) is 42.6 Å². The first-order chi connectivity index (χ1) is 11.2. The van der Waals surface area contributed by atoms with E-state index in [2.05, 4.69) is 11.9 Å². The quantitative estimate of drug-likeness (QED) is 0.549. The van der Waals surface area contributed by atoms with Crippen LogP contribution >= 0.6 is 23.4 Å². The van der Waals surface area contributed by atoms with Crippen molar-refractivity contribution in [2.24, 2.45) is 0 Å². The maximum atomic E-state index is 6.19. The predicted molar refractivity (Wildman–Crippen MR) is 99.4 cm³/mol. The summed E-state index contributed by atoms with van der Waals surface area (Å²) in [5.74, 6) is 1.53. The molecule has 0 bridgehead atoms. The third kappa shape index (κ3) is 3.59. The number of halogens is 1. The SMILES string of the molecule is Cc1c(SCCCl)ccnc1Cc1nc2ccccc2cc1N. The minimum absolute atomic E-state index is 0.637. The number of nitrogens with two attached hydrogens (primary N) is 1. The van der Waals surface area contributed by atoms with Gasteiger partial charge in [0.25, 0.3) is 0 Å². The molecule has 0 aliphatic carbocycles. The van der Waals surface area contributed by atoms with Crippen molar-refractivity contribution in [3.8, 4) is 0 Å². The molecule has 0 aliphatic heterocycles. The van der Waals surface area contributed by atoms with Gasteiger partial charge in [-0.15, -0.1) is 23.4 Å². The number of nitrogen functional groups attached to an aromatic ring is 1. The van der Waals surface area contributed by atoms with E-state index in [1.165, 1.54) is 10.5 Å². The van der Waals surface area contributed by atoms with Crippen LogP contribution in [0.2, 0.25) is 0 Å². The van der Waals surface area contributed by atoms with Gasteiger partial charge in [-0.25, -0.2) is 0 Å². The van der Waals surface area contributed by atoms with Gasteiger partial charge in [0.05, 0.1) is 22.6 Å². The number of benzene rings is 1. The van der Waals surface area contributed by atoms with E-state index in [1.54, 1.807) is 11.8 Å². The fraction of sp³-hybridized carbons (Fsp3) is 0.222. The molecule has 0 spiro atoms. The minimum Gasteiger partial charge on any atom is -0.397 e. The molecule has 0 unspecified atom stereocenters. The highest BCUT2D eigenvalue weighted by Crippen LogP contribution is 2.26. The first kappa shape index (κ1) is 16.1. The molecule has 0 saturated carbocycles. The van der Waals surface area contributed by atoms with Crippen molar-refractivity contribution in [2.45, 2.75) is 18.2 Å². The number of nitrogens with zero attached hydrogens (tertiary/aromatic N) is 2. The lowest BCUT2D eigenvalue weighted by Crippen LogP contribution is -2.03. The normalized spacial score (nSPS) is 11.0. The third-order valence-corrected chi connectivity index (χ3v) is 5.34. The standard InChI is InChI=1S/C18H18ClN3S/c1-12-16(21-8-6-18(12)23-9-7-19)11-17-14(20)10-13-4-2-3-5-15(13)22-17/h2-6,8,10H,7,9,11,20H2,1H3. The summed E-state index contributed by atoms with van der Waals surface area (Å²) in [5, 5.41) is 1.06. The Hall–Kier alpha value is -1.78. The molecule has 3 aromatic rings. The molecule has 0 aliphatic rings. The first-order valence-electron chi connectivity index (χ1n) is 7.46. The highest BCUT2D eigenvalue weighted by Gasteiger charge is 2.11. The Kier molecular flexibility index (Phi) is 5.03. The number of hydrogen-bond donors (Lipinski definition) is 1. The van der Waals surface area contributed by atoms with E-state index in [9.17, 15) is 0 Å². The summed E-state index contributed by atoms with van der Waals surface area (Å²) in [4.78, 5) is 10.4. The van der Waals surface area contributed by atoms with Gasteiger partial charge in [0.2, 0.25) is 0 Å². The van der Waals surface area contributed by atoms with Gasteiger partial charge in [-0.2, -0.15) is 0 Å². The Bertz CT molecular complexity index is 836. The zero-order valence-corrected chi connectivity index (χ0v) is 14.5. The largest absolute Gasteiger partial charge is 0.397 e. The molecule has 3 nitrogen and oxygen atoms in total. The molecule has 0 saturated heterocycles. The second kappa shape index (κ2) is 7.20. The maximum Gasteiger partial charge on any atom is 0.0707 e. The number of rotatable bonds is 5. The van der Waals surface area contributed by atoms with Crippen LogP contribution in [-0.2, 0) is 6.42 Å². The average Bonchev–Trinajstić information content (AvgIpc) is 2.56. The van der Waals surface area contributed by atoms with Gasteiger partial charge in [0.15, 0.2) is 0 Å². The highest BCUT2D eigenvalue weighted by atomic mass is 35.5. The Morgan fingerprint density at radius 2 is 2.00 bits per heavy atom. The molecule has 3 rings (SSSR count). The number of hydrogen-bond acceptors (Lipinski definition) is 4. The lowest BCUT2D eigenvalue weighted by Gasteiger charge is -2.11. The van der Waals surface area contributed by atoms with Crippen molar-refractivity contribution < 1.29 is 0 Å². The molecule has 118 valence electrons. The van der Waals surface area contributed by atoms with Crippen LogP contribution in [0.4, 0.5) is 5.69 Å². The summed E-state index contributed by atoms with van der Waals surface area (Å²) in [5.41, 5.74) is 10.9. The van der Waals surface area contributed by atoms with Crippen molar-refractivity contribution in [2.75, 3.05) is 17.4 Å².